The number of amides is 6. The number of nitrogens with zero attached hydrogens (tertiary/aromatic N) is 3. The predicted octanol–water partition coefficient (Wildman–Crippen LogP) is -8.91. The first-order valence-electron chi connectivity index (χ1n) is 21.9. The Hall–Kier alpha value is -6.72. The molecule has 0 radical (unpaired) electrons. The Morgan fingerprint density at radius 2 is 1.32 bits per heavy atom. The summed E-state index contributed by atoms with van der Waals surface area (Å²) in [5, 5.41) is 103. The lowest BCUT2D eigenvalue weighted by atomic mass is 9.92. The molecule has 6 rings (SSSR count). The number of aliphatic hydroxyl groups excluding tert-OH is 7. The fourth-order valence-corrected chi connectivity index (χ4v) is 8.34. The molecule has 0 aromatic heterocycles. The van der Waals surface area contributed by atoms with E-state index in [-0.39, 0.29) is 24.7 Å². The molecule has 2 aromatic carbocycles. The van der Waals surface area contributed by atoms with Gasteiger partial charge in [-0.25, -0.2) is 0 Å². The van der Waals surface area contributed by atoms with Gasteiger partial charge < -0.3 is 99.2 Å². The lowest BCUT2D eigenvalue weighted by Gasteiger charge is -2.46. The van der Waals surface area contributed by atoms with Crippen molar-refractivity contribution in [2.45, 2.75) is 104 Å². The van der Waals surface area contributed by atoms with E-state index in [9.17, 15) is 69.6 Å². The number of hydrogen-bond acceptors (Lipinski definition) is 21. The van der Waals surface area contributed by atoms with Crippen LogP contribution < -0.4 is 48.7 Å². The number of carbonyl (C=O) groups excluding carboxylic acids is 6. The molecule has 27 nitrogen and oxygen atoms in total. The van der Waals surface area contributed by atoms with Crippen LogP contribution in [0, 0.1) is 0 Å². The van der Waals surface area contributed by atoms with Gasteiger partial charge in [-0.2, -0.15) is 0 Å². The van der Waals surface area contributed by atoms with E-state index < -0.39 is 159 Å². The molecule has 27 heteroatoms. The minimum absolute atomic E-state index is 0.122. The number of benzene rings is 2. The van der Waals surface area contributed by atoms with E-state index >= 15 is 0 Å². The number of nitrogens with one attached hydrogen (secondary N) is 7. The zero-order chi connectivity index (χ0) is 50.3. The summed E-state index contributed by atoms with van der Waals surface area (Å²) < 4.78 is 5.66. The van der Waals surface area contributed by atoms with Gasteiger partial charge in [0.2, 0.25) is 35.4 Å². The molecule has 2 aromatic rings. The second-order valence-corrected chi connectivity index (χ2v) is 17.0. The molecule has 5 unspecified atom stereocenters. The van der Waals surface area contributed by atoms with Crippen LogP contribution in [0.1, 0.15) is 24.0 Å². The van der Waals surface area contributed by atoms with E-state index in [0.717, 1.165) is 4.90 Å². The Bertz CT molecular complexity index is 2240. The first-order chi connectivity index (χ1) is 32.8. The predicted molar refractivity (Wildman–Crippen MR) is 238 cm³/mol. The third-order valence-electron chi connectivity index (χ3n) is 12.3. The van der Waals surface area contributed by atoms with Crippen LogP contribution in [0.3, 0.4) is 0 Å². The quantitative estimate of drug-likeness (QED) is 0.0994. The highest BCUT2D eigenvalue weighted by Gasteiger charge is 2.52. The Labute approximate surface area is 393 Å². The summed E-state index contributed by atoms with van der Waals surface area (Å²) in [4.78, 5) is 94.1. The summed E-state index contributed by atoms with van der Waals surface area (Å²) in [6, 6.07) is 2.05. The van der Waals surface area contributed by atoms with Crippen LogP contribution in [0.4, 0.5) is 0 Å². The second-order valence-electron chi connectivity index (χ2n) is 17.0. The van der Waals surface area contributed by atoms with Crippen molar-refractivity contribution in [3.8, 4) is 5.75 Å². The molecule has 4 aliphatic rings. The number of guanidine groups is 2. The number of nitrogens with two attached hydrogens (primary N) is 2. The summed E-state index contributed by atoms with van der Waals surface area (Å²) in [5.74, 6) is -8.29. The monoisotopic (exact) mass is 970 g/mol. The SMILES string of the molecule is CC(c1ccccc1)[C@@H]1NC(=O)CNC(=O)[C@H](CO)NC(=O)[C@@H](C(O)C2CN=C(N)N2[C@H]2O[C@H](CO)[C@@H](O)[C@H](O)[C@@H]2O)NC(=O)[C@H](C(O)C2CN=C(N)N2)NC(=O)[C@@H](Cc2ccc(O)cc2)NC1=O. The number of carbonyl (C=O) groups is 6. The number of phenolic OH excluding ortho intramolecular Hbond substituents is 1. The van der Waals surface area contributed by atoms with Crippen molar-refractivity contribution in [2.24, 2.45) is 21.5 Å². The lowest BCUT2D eigenvalue weighted by Crippen LogP contribution is -2.70. The molecule has 15 atom stereocenters. The van der Waals surface area contributed by atoms with Gasteiger partial charge in [0, 0.05) is 12.3 Å². The first-order valence-corrected chi connectivity index (χ1v) is 21.9. The van der Waals surface area contributed by atoms with E-state index in [2.05, 4.69) is 47.2 Å². The number of aliphatic imine (C=N–C) groups is 2. The normalized spacial score (nSPS) is 32.3. The van der Waals surface area contributed by atoms with E-state index in [1.807, 2.05) is 0 Å². The summed E-state index contributed by atoms with van der Waals surface area (Å²) in [7, 11) is 0. The maximum absolute atomic E-state index is 14.7. The van der Waals surface area contributed by atoms with Gasteiger partial charge in [0.15, 0.2) is 18.1 Å². The highest BCUT2D eigenvalue weighted by atomic mass is 16.6. The molecule has 19 N–H and O–H groups in total. The van der Waals surface area contributed by atoms with Crippen molar-refractivity contribution in [2.75, 3.05) is 32.8 Å². The summed E-state index contributed by atoms with van der Waals surface area (Å²) >= 11 is 0. The molecular formula is C42H58N12O15. The number of rotatable bonds is 11. The molecule has 2 saturated heterocycles. The van der Waals surface area contributed by atoms with Gasteiger partial charge in [0.05, 0.1) is 44.9 Å². The van der Waals surface area contributed by atoms with Crippen molar-refractivity contribution < 1.29 is 74.4 Å². The van der Waals surface area contributed by atoms with Gasteiger partial charge >= 0.3 is 0 Å². The number of ether oxygens (including phenoxy) is 1. The van der Waals surface area contributed by atoms with Crippen LogP contribution in [0.15, 0.2) is 64.6 Å². The maximum atomic E-state index is 14.7. The average molecular weight is 971 g/mol. The number of aliphatic hydroxyl groups is 7. The summed E-state index contributed by atoms with van der Waals surface area (Å²) in [5.41, 5.74) is 13.0. The van der Waals surface area contributed by atoms with Gasteiger partial charge in [-0.3, -0.25) is 38.8 Å². The van der Waals surface area contributed by atoms with Gasteiger partial charge in [0.25, 0.3) is 0 Å². The van der Waals surface area contributed by atoms with Crippen LogP contribution in [0.2, 0.25) is 0 Å². The van der Waals surface area contributed by atoms with Gasteiger partial charge in [-0.05, 0) is 23.3 Å². The van der Waals surface area contributed by atoms with Crippen LogP contribution in [0.25, 0.3) is 0 Å². The third kappa shape index (κ3) is 11.9. The van der Waals surface area contributed by atoms with Gasteiger partial charge in [-0.1, -0.05) is 49.4 Å². The molecule has 4 heterocycles. The Kier molecular flexibility index (Phi) is 16.9. The van der Waals surface area contributed by atoms with E-state index in [1.54, 1.807) is 37.3 Å². The minimum Gasteiger partial charge on any atom is -0.508 e. The standard InChI is InChI=1S/C42H58N12O15/c1-17(19-5-3-2-4-6-19)27-37(66)48-21(11-18-7-9-20(57)10-8-18)36(65)52-28(30(59)22-12-46-41(43)50-22)39(68)53-29(38(67)49-23(15-55)35(64)45-14-26(58)51-27)31(60)24-13-47-42(44)54(24)40-34(63)33(62)32(61)25(16-56)69-40/h2-10,17,21-25,27-34,40,55-57,59-63H,11-16H2,1H3,(H2,44,47)(H,45,64)(H,48,66)(H,49,67)(H,51,58)(H,52,65)(H,53,68)(H3,43,46,50)/t17?,21-,22?,23+,24?,25-,27+,28+,29-,30?,31?,32-,33+,34+,40+/m1/s1. The van der Waals surface area contributed by atoms with Crippen molar-refractivity contribution >= 4 is 47.4 Å². The van der Waals surface area contributed by atoms with Crippen molar-refractivity contribution in [3.05, 3.63) is 65.7 Å². The molecule has 376 valence electrons. The highest BCUT2D eigenvalue weighted by Crippen LogP contribution is 2.29. The van der Waals surface area contributed by atoms with Crippen molar-refractivity contribution in [1.82, 2.24) is 42.1 Å². The molecule has 0 bridgehead atoms. The van der Waals surface area contributed by atoms with Crippen LogP contribution in [-0.4, -0.2) is 211 Å². The molecule has 0 saturated carbocycles. The topological polar surface area (TPSA) is 438 Å². The molecule has 0 spiro atoms. The van der Waals surface area contributed by atoms with Crippen LogP contribution in [0.5, 0.6) is 5.75 Å². The highest BCUT2D eigenvalue weighted by molar-refractivity contribution is 5.98. The fraction of sp³-hybridized carbons (Fsp3) is 0.524. The number of aromatic hydroxyl groups is 1. The molecular weight excluding hydrogens is 913 g/mol. The molecule has 2 fully saturated rings. The smallest absolute Gasteiger partial charge is 0.246 e. The van der Waals surface area contributed by atoms with E-state index in [4.69, 9.17) is 16.2 Å². The fourth-order valence-electron chi connectivity index (χ4n) is 8.34. The Morgan fingerprint density at radius 3 is 1.96 bits per heavy atom. The third-order valence-corrected chi connectivity index (χ3v) is 12.3. The van der Waals surface area contributed by atoms with Crippen LogP contribution >= 0.6 is 0 Å². The van der Waals surface area contributed by atoms with E-state index in [1.165, 1.54) is 24.3 Å². The van der Waals surface area contributed by atoms with Gasteiger partial charge in [-0.15, -0.1) is 0 Å². The second kappa shape index (κ2) is 22.6. The summed E-state index contributed by atoms with van der Waals surface area (Å²) in [6.45, 7) is -1.89. The molecule has 0 aliphatic carbocycles. The molecule has 4 aliphatic heterocycles. The first kappa shape index (κ1) is 51.7. The lowest BCUT2D eigenvalue weighted by molar-refractivity contribution is -0.260. The van der Waals surface area contributed by atoms with Gasteiger partial charge in [0.1, 0.15) is 72.6 Å². The number of phenols is 1. The molecule has 69 heavy (non-hydrogen) atoms. The van der Waals surface area contributed by atoms with Crippen molar-refractivity contribution in [3.63, 3.8) is 0 Å². The Morgan fingerprint density at radius 1 is 0.696 bits per heavy atom. The van der Waals surface area contributed by atoms with Crippen molar-refractivity contribution in [1.29, 1.82) is 0 Å². The Balaban J connectivity index is 1.41. The maximum Gasteiger partial charge on any atom is 0.246 e. The molecule has 6 amide bonds. The zero-order valence-electron chi connectivity index (χ0n) is 37.0. The van der Waals surface area contributed by atoms with E-state index in [0.29, 0.717) is 11.1 Å². The average Bonchev–Trinajstić information content (AvgIpc) is 3.96. The minimum atomic E-state index is -2.25. The zero-order valence-corrected chi connectivity index (χ0v) is 37.0. The number of hydrogen-bond donors (Lipinski definition) is 17. The summed E-state index contributed by atoms with van der Waals surface area (Å²) in [6.07, 6.45) is -13.4. The largest absolute Gasteiger partial charge is 0.508 e. The van der Waals surface area contributed by atoms with Crippen LogP contribution in [-0.2, 0) is 39.9 Å².